The molecule has 2 rings (SSSR count). The van der Waals surface area contributed by atoms with Crippen LogP contribution < -0.4 is 5.73 Å². The van der Waals surface area contributed by atoms with Crippen molar-refractivity contribution in [3.63, 3.8) is 0 Å². The quantitative estimate of drug-likeness (QED) is 0.828. The van der Waals surface area contributed by atoms with E-state index in [2.05, 4.69) is 5.92 Å². The average Bonchev–Trinajstić information content (AvgIpc) is 2.91. The highest BCUT2D eigenvalue weighted by atomic mass is 32.2. The van der Waals surface area contributed by atoms with Crippen molar-refractivity contribution >= 4 is 32.8 Å². The Balaban J connectivity index is 2.24. The van der Waals surface area contributed by atoms with E-state index in [1.54, 1.807) is 11.4 Å². The fourth-order valence-electron chi connectivity index (χ4n) is 2.11. The van der Waals surface area contributed by atoms with Crippen molar-refractivity contribution in [1.82, 2.24) is 4.90 Å². The predicted octanol–water partition coefficient (Wildman–Crippen LogP) is 0.593. The lowest BCUT2D eigenvalue weighted by Gasteiger charge is -2.25. The summed E-state index contributed by atoms with van der Waals surface area (Å²) in [4.78, 5) is 14.2. The number of hydrogen-bond donors (Lipinski definition) is 1. The summed E-state index contributed by atoms with van der Waals surface area (Å²) >= 11 is 1.24. The van der Waals surface area contributed by atoms with Gasteiger partial charge in [0.2, 0.25) is 0 Å². The number of nitrogen functional groups attached to an aromatic ring is 1. The summed E-state index contributed by atoms with van der Waals surface area (Å²) in [6.45, 7) is 0.0936. The Morgan fingerprint density at radius 3 is 2.84 bits per heavy atom. The van der Waals surface area contributed by atoms with Gasteiger partial charge in [-0.1, -0.05) is 5.92 Å². The summed E-state index contributed by atoms with van der Waals surface area (Å²) in [7, 11) is -3.06. The molecular weight excluding hydrogens is 284 g/mol. The molecule has 2 N–H and O–H groups in total. The smallest absolute Gasteiger partial charge is 0.267 e. The van der Waals surface area contributed by atoms with Gasteiger partial charge in [0.1, 0.15) is 4.88 Å². The zero-order chi connectivity index (χ0) is 14.0. The topological polar surface area (TPSA) is 80.5 Å². The molecule has 1 amide bonds. The molecule has 0 aliphatic carbocycles. The van der Waals surface area contributed by atoms with Crippen molar-refractivity contribution in [2.45, 2.75) is 12.5 Å². The van der Waals surface area contributed by atoms with Gasteiger partial charge in [0, 0.05) is 6.04 Å². The van der Waals surface area contributed by atoms with Gasteiger partial charge < -0.3 is 10.6 Å². The monoisotopic (exact) mass is 298 g/mol. The summed E-state index contributed by atoms with van der Waals surface area (Å²) in [5, 5.41) is 1.72. The van der Waals surface area contributed by atoms with Gasteiger partial charge in [0.05, 0.1) is 23.7 Å². The lowest BCUT2D eigenvalue weighted by Crippen LogP contribution is -2.41. The SMILES string of the molecule is C#CCN(C(=O)c1sccc1N)C1CCS(=O)(=O)C1. The van der Waals surface area contributed by atoms with Crippen molar-refractivity contribution in [3.8, 4) is 12.3 Å². The highest BCUT2D eigenvalue weighted by Gasteiger charge is 2.35. The predicted molar refractivity (Wildman–Crippen MR) is 75.7 cm³/mol. The van der Waals surface area contributed by atoms with E-state index >= 15 is 0 Å². The number of hydrogen-bond acceptors (Lipinski definition) is 5. The maximum Gasteiger partial charge on any atom is 0.267 e. The molecule has 7 heteroatoms. The number of carbonyl (C=O) groups is 1. The third-order valence-electron chi connectivity index (χ3n) is 3.06. The molecule has 0 aromatic carbocycles. The van der Waals surface area contributed by atoms with E-state index in [1.807, 2.05) is 0 Å². The molecule has 5 nitrogen and oxygen atoms in total. The largest absolute Gasteiger partial charge is 0.397 e. The lowest BCUT2D eigenvalue weighted by molar-refractivity contribution is 0.0730. The maximum atomic E-state index is 12.4. The van der Waals surface area contributed by atoms with Gasteiger partial charge in [-0.25, -0.2) is 8.42 Å². The van der Waals surface area contributed by atoms with Gasteiger partial charge >= 0.3 is 0 Å². The van der Waals surface area contributed by atoms with Crippen LogP contribution >= 0.6 is 11.3 Å². The van der Waals surface area contributed by atoms with Crippen molar-refractivity contribution in [1.29, 1.82) is 0 Å². The first-order valence-electron chi connectivity index (χ1n) is 5.72. The molecule has 1 unspecified atom stereocenters. The van der Waals surface area contributed by atoms with E-state index < -0.39 is 9.84 Å². The standard InChI is InChI=1S/C12H14N2O3S2/c1-2-5-14(9-4-7-19(16,17)8-9)12(15)11-10(13)3-6-18-11/h1,3,6,9H,4-5,7-8,13H2. The second kappa shape index (κ2) is 5.23. The summed E-state index contributed by atoms with van der Waals surface area (Å²) in [6.07, 6.45) is 5.70. The van der Waals surface area contributed by atoms with E-state index in [0.29, 0.717) is 17.0 Å². The molecule has 0 bridgehead atoms. The zero-order valence-corrected chi connectivity index (χ0v) is 11.8. The van der Waals surface area contributed by atoms with Crippen LogP contribution in [0.25, 0.3) is 0 Å². The number of sulfone groups is 1. The van der Waals surface area contributed by atoms with Crippen molar-refractivity contribution in [3.05, 3.63) is 16.3 Å². The van der Waals surface area contributed by atoms with Gasteiger partial charge in [-0.3, -0.25) is 4.79 Å². The number of nitrogens with two attached hydrogens (primary N) is 1. The van der Waals surface area contributed by atoms with Crippen LogP contribution in [0.5, 0.6) is 0 Å². The van der Waals surface area contributed by atoms with E-state index in [9.17, 15) is 13.2 Å². The number of nitrogens with zero attached hydrogens (tertiary/aromatic N) is 1. The highest BCUT2D eigenvalue weighted by molar-refractivity contribution is 7.91. The van der Waals surface area contributed by atoms with Gasteiger partial charge in [0.25, 0.3) is 5.91 Å². The average molecular weight is 298 g/mol. The number of terminal acetylenes is 1. The molecular formula is C12H14N2O3S2. The summed E-state index contributed by atoms with van der Waals surface area (Å²) in [5.41, 5.74) is 6.12. The van der Waals surface area contributed by atoms with Crippen LogP contribution in [0.15, 0.2) is 11.4 Å². The number of thiophene rings is 1. The van der Waals surface area contributed by atoms with Crippen LogP contribution in [-0.4, -0.2) is 43.3 Å². The first kappa shape index (κ1) is 13.9. The number of anilines is 1. The fourth-order valence-corrected chi connectivity index (χ4v) is 4.61. The van der Waals surface area contributed by atoms with E-state index in [1.165, 1.54) is 16.2 Å². The second-order valence-corrected chi connectivity index (χ2v) is 7.54. The van der Waals surface area contributed by atoms with Crippen LogP contribution in [0.4, 0.5) is 5.69 Å². The molecule has 2 heterocycles. The zero-order valence-electron chi connectivity index (χ0n) is 10.2. The van der Waals surface area contributed by atoms with Crippen molar-refractivity contribution < 1.29 is 13.2 Å². The van der Waals surface area contributed by atoms with Crippen molar-refractivity contribution in [2.75, 3.05) is 23.8 Å². The molecule has 0 radical (unpaired) electrons. The molecule has 1 aliphatic rings. The Labute approximate surface area is 116 Å². The lowest BCUT2D eigenvalue weighted by atomic mass is 10.2. The van der Waals surface area contributed by atoms with Gasteiger partial charge in [-0.05, 0) is 17.9 Å². The molecule has 0 spiro atoms. The third-order valence-corrected chi connectivity index (χ3v) is 5.73. The fraction of sp³-hybridized carbons (Fsp3) is 0.417. The Kier molecular flexibility index (Phi) is 3.83. The number of amides is 1. The summed E-state index contributed by atoms with van der Waals surface area (Å²) in [5.74, 6) is 2.20. The minimum absolute atomic E-state index is 0.0221. The van der Waals surface area contributed by atoms with Crippen molar-refractivity contribution in [2.24, 2.45) is 0 Å². The Morgan fingerprint density at radius 2 is 2.37 bits per heavy atom. The molecule has 1 saturated heterocycles. The van der Waals surface area contributed by atoms with Gasteiger partial charge in [-0.2, -0.15) is 0 Å². The summed E-state index contributed by atoms with van der Waals surface area (Å²) in [6, 6.07) is 1.30. The van der Waals surface area contributed by atoms with Crippen LogP contribution in [0.1, 0.15) is 16.1 Å². The van der Waals surface area contributed by atoms with Crippen LogP contribution in [0.3, 0.4) is 0 Å². The van der Waals surface area contributed by atoms with Crippen LogP contribution in [-0.2, 0) is 9.84 Å². The first-order valence-corrected chi connectivity index (χ1v) is 8.42. The molecule has 1 atom stereocenters. The molecule has 102 valence electrons. The maximum absolute atomic E-state index is 12.4. The summed E-state index contributed by atoms with van der Waals surface area (Å²) < 4.78 is 23.0. The molecule has 1 aromatic heterocycles. The third kappa shape index (κ3) is 2.91. The van der Waals surface area contributed by atoms with Crippen LogP contribution in [0, 0.1) is 12.3 Å². The highest BCUT2D eigenvalue weighted by Crippen LogP contribution is 2.25. The van der Waals surface area contributed by atoms with E-state index in [0.717, 1.165) is 0 Å². The van der Waals surface area contributed by atoms with Gasteiger partial charge in [-0.15, -0.1) is 17.8 Å². The number of carbonyl (C=O) groups excluding carboxylic acids is 1. The molecule has 1 fully saturated rings. The molecule has 1 aromatic rings. The molecule has 1 aliphatic heterocycles. The minimum atomic E-state index is -3.06. The minimum Gasteiger partial charge on any atom is -0.397 e. The normalized spacial score (nSPS) is 20.9. The molecule has 0 saturated carbocycles. The number of rotatable bonds is 3. The Morgan fingerprint density at radius 1 is 1.63 bits per heavy atom. The van der Waals surface area contributed by atoms with E-state index in [4.69, 9.17) is 12.2 Å². The van der Waals surface area contributed by atoms with Gasteiger partial charge in [0.15, 0.2) is 9.84 Å². The first-order chi connectivity index (χ1) is 8.94. The second-order valence-electron chi connectivity index (χ2n) is 4.40. The Bertz CT molecular complexity index is 628. The Hall–Kier alpha value is -1.52. The van der Waals surface area contributed by atoms with E-state index in [-0.39, 0.29) is 30.0 Å². The van der Waals surface area contributed by atoms with Crippen LogP contribution in [0.2, 0.25) is 0 Å². The molecule has 19 heavy (non-hydrogen) atoms.